The van der Waals surface area contributed by atoms with Crippen molar-refractivity contribution in [2.75, 3.05) is 0 Å². The minimum atomic E-state index is -0.170. The van der Waals surface area contributed by atoms with E-state index in [9.17, 15) is 0 Å². The van der Waals surface area contributed by atoms with Crippen molar-refractivity contribution in [3.05, 3.63) is 247 Å². The average Bonchev–Trinajstić information content (AvgIpc) is 3.88. The standard InChI is InChI=1S/C59H38BN5.Pt/c1-4-18-42(19-5-1)49-27-17-28-50(43-20-6-2-7-21-43)59(49)64-41-63(55-31-12-13-32-56(55)64)48-25-16-24-46(38-48)60(45-22-8-3-9-23-45)47-34-35-52-51-26-10-11-30-54(51)65(57(52)39-47)58-36-33-44(40-62-58)53-29-14-15-37-61-53;/h1-37,40H;/q-2;. The first-order chi connectivity index (χ1) is 32.7. The molecule has 0 amide bonds. The summed E-state index contributed by atoms with van der Waals surface area (Å²) in [5.74, 6) is 0.825. The zero-order valence-electron chi connectivity index (χ0n) is 35.6. The molecule has 0 bridgehead atoms. The Kier molecular flexibility index (Phi) is 10.2. The fourth-order valence-corrected chi connectivity index (χ4v) is 10.6. The Bertz CT molecular complexity index is 3710. The second kappa shape index (κ2) is 16.9. The molecule has 314 valence electrons. The summed E-state index contributed by atoms with van der Waals surface area (Å²) in [6, 6.07) is 85.2. The predicted molar refractivity (Wildman–Crippen MR) is 267 cm³/mol. The molecule has 7 heteroatoms. The third kappa shape index (κ3) is 6.90. The fourth-order valence-electron chi connectivity index (χ4n) is 9.50. The van der Waals surface area contributed by atoms with Gasteiger partial charge in [0.2, 0.25) is 0 Å². The van der Waals surface area contributed by atoms with E-state index < -0.39 is 0 Å². The van der Waals surface area contributed by atoms with Gasteiger partial charge in [-0.1, -0.05) is 18.2 Å². The van der Waals surface area contributed by atoms with Gasteiger partial charge >= 0.3 is 331 Å². The molecule has 0 saturated carbocycles. The summed E-state index contributed by atoms with van der Waals surface area (Å²) in [6.07, 6.45) is 3.73. The van der Waals surface area contributed by atoms with Crippen molar-refractivity contribution in [3.8, 4) is 50.7 Å². The molecule has 0 N–H and O–H groups in total. The molecule has 66 heavy (non-hydrogen) atoms. The van der Waals surface area contributed by atoms with E-state index in [1.807, 2.05) is 30.6 Å². The maximum absolute atomic E-state index is 5.03. The molecular formula is C59H38BN5Pt-2. The van der Waals surface area contributed by atoms with Gasteiger partial charge in [0.25, 0.3) is 0 Å². The van der Waals surface area contributed by atoms with E-state index in [0.717, 1.165) is 104 Å². The first kappa shape index (κ1) is 39.7. The number of hydrogen-bond donors (Lipinski definition) is 0. The summed E-state index contributed by atoms with van der Waals surface area (Å²) in [5, 5.41) is 2.28. The Labute approximate surface area is 394 Å². The van der Waals surface area contributed by atoms with Crippen LogP contribution in [0.5, 0.6) is 0 Å². The van der Waals surface area contributed by atoms with Crippen LogP contribution in [0.1, 0.15) is 0 Å². The van der Waals surface area contributed by atoms with Gasteiger partial charge in [-0.15, -0.1) is 0 Å². The van der Waals surface area contributed by atoms with Gasteiger partial charge in [-0.3, -0.25) is 4.98 Å². The molecule has 4 aromatic heterocycles. The minimum absolute atomic E-state index is 0.170. The molecule has 8 aromatic carbocycles. The van der Waals surface area contributed by atoms with Crippen LogP contribution in [0.15, 0.2) is 231 Å². The Morgan fingerprint density at radius 3 is 1.73 bits per heavy atom. The molecule has 0 atom stereocenters. The van der Waals surface area contributed by atoms with Crippen molar-refractivity contribution in [1.82, 2.24) is 23.7 Å². The molecule has 0 unspecified atom stereocenters. The molecule has 12 aromatic rings. The fraction of sp³-hybridized carbons (Fsp3) is 0. The Morgan fingerprint density at radius 1 is 0.424 bits per heavy atom. The van der Waals surface area contributed by atoms with Crippen LogP contribution in [0.25, 0.3) is 83.5 Å². The SMILES string of the molecule is [Pt]=[c]1n(-c2[c-]c(B(c3[c-]c4c(cc3)c3ccccc3n4-c3ccc(-c4ccccn4)cn3)c3ccccc3)ccc2)c2ccccc2n1-c1c(-c2ccccc2)cccc1-c1ccccc1. The summed E-state index contributed by atoms with van der Waals surface area (Å²) in [4.78, 5) is 9.59. The molecule has 4 heterocycles. The molecule has 5 nitrogen and oxygen atoms in total. The van der Waals surface area contributed by atoms with E-state index in [4.69, 9.17) is 4.98 Å². The van der Waals surface area contributed by atoms with Crippen molar-refractivity contribution < 1.29 is 19.4 Å². The summed E-state index contributed by atoms with van der Waals surface area (Å²) >= 11 is 2.52. The van der Waals surface area contributed by atoms with E-state index in [1.54, 1.807) is 0 Å². The first-order valence-electron chi connectivity index (χ1n) is 22.0. The molecule has 12 rings (SSSR count). The molecule has 0 aliphatic carbocycles. The molecule has 0 aliphatic rings. The molecule has 0 saturated heterocycles. The van der Waals surface area contributed by atoms with E-state index >= 15 is 0 Å². The Morgan fingerprint density at radius 2 is 1.05 bits per heavy atom. The molecule has 0 radical (unpaired) electrons. The number of para-hydroxylation sites is 4. The molecule has 0 spiro atoms. The quantitative estimate of drug-likeness (QED) is 0.107. The number of fused-ring (bicyclic) bond motifs is 4. The monoisotopic (exact) mass is 1020 g/mol. The topological polar surface area (TPSA) is 40.6 Å². The van der Waals surface area contributed by atoms with Crippen LogP contribution < -0.4 is 16.4 Å². The number of benzene rings is 8. The van der Waals surface area contributed by atoms with Crippen LogP contribution in [0.2, 0.25) is 0 Å². The number of nitrogens with zero attached hydrogens (tertiary/aromatic N) is 5. The Hall–Kier alpha value is -7.92. The summed E-state index contributed by atoms with van der Waals surface area (Å²) in [7, 11) is 0. The van der Waals surface area contributed by atoms with E-state index in [1.165, 1.54) is 0 Å². The third-order valence-electron chi connectivity index (χ3n) is 12.5. The number of aromatic nitrogens is 5. The second-order valence-corrected chi connectivity index (χ2v) is 17.3. The van der Waals surface area contributed by atoms with Crippen molar-refractivity contribution in [2.24, 2.45) is 0 Å². The van der Waals surface area contributed by atoms with Gasteiger partial charge in [-0.05, 0) is 18.2 Å². The van der Waals surface area contributed by atoms with Gasteiger partial charge in [0.05, 0.1) is 5.69 Å². The van der Waals surface area contributed by atoms with Gasteiger partial charge in [-0.25, -0.2) is 0 Å². The van der Waals surface area contributed by atoms with Gasteiger partial charge in [0, 0.05) is 18.0 Å². The first-order valence-corrected chi connectivity index (χ1v) is 23.2. The average molecular weight is 1020 g/mol. The molecule has 0 fully saturated rings. The van der Waals surface area contributed by atoms with E-state index in [2.05, 4.69) is 250 Å². The van der Waals surface area contributed by atoms with Crippen LogP contribution in [-0.4, -0.2) is 30.4 Å². The number of imidazole rings is 1. The van der Waals surface area contributed by atoms with Gasteiger partial charge in [-0.2, -0.15) is 0 Å². The Balaban J connectivity index is 1.04. The van der Waals surface area contributed by atoms with E-state index in [0.29, 0.717) is 0 Å². The zero-order valence-corrected chi connectivity index (χ0v) is 37.8. The number of hydrogen-bond acceptors (Lipinski definition) is 2. The summed E-state index contributed by atoms with van der Waals surface area (Å²) in [6.45, 7) is -0.170. The van der Waals surface area contributed by atoms with Gasteiger partial charge < -0.3 is 0 Å². The molecule has 0 aliphatic heterocycles. The maximum atomic E-state index is 5.03. The van der Waals surface area contributed by atoms with Crippen molar-refractivity contribution in [1.29, 1.82) is 0 Å². The van der Waals surface area contributed by atoms with Crippen LogP contribution >= 0.6 is 0 Å². The number of rotatable bonds is 9. The van der Waals surface area contributed by atoms with Gasteiger partial charge in [0.1, 0.15) is 0 Å². The predicted octanol–water partition coefficient (Wildman–Crippen LogP) is 11.5. The van der Waals surface area contributed by atoms with Crippen LogP contribution in [0, 0.1) is 15.9 Å². The van der Waals surface area contributed by atoms with Crippen LogP contribution in [-0.2, 0) is 19.4 Å². The van der Waals surface area contributed by atoms with Crippen molar-refractivity contribution in [3.63, 3.8) is 0 Å². The van der Waals surface area contributed by atoms with Crippen LogP contribution in [0.4, 0.5) is 0 Å². The normalized spacial score (nSPS) is 11.4. The summed E-state index contributed by atoms with van der Waals surface area (Å²) in [5.41, 5.74) is 16.1. The second-order valence-electron chi connectivity index (χ2n) is 16.3. The van der Waals surface area contributed by atoms with Crippen LogP contribution in [0.3, 0.4) is 0 Å². The van der Waals surface area contributed by atoms with Crippen molar-refractivity contribution >= 4 is 55.9 Å². The number of pyridine rings is 2. The summed E-state index contributed by atoms with van der Waals surface area (Å²) < 4.78 is 8.06. The zero-order chi connectivity index (χ0) is 44.0. The van der Waals surface area contributed by atoms with E-state index in [-0.39, 0.29) is 6.71 Å². The van der Waals surface area contributed by atoms with Crippen molar-refractivity contribution in [2.45, 2.75) is 0 Å². The third-order valence-corrected chi connectivity index (χ3v) is 13.5. The van der Waals surface area contributed by atoms with Gasteiger partial charge in [0.15, 0.2) is 0 Å². The molecular weight excluding hydrogens is 985 g/mol.